The molecule has 0 spiro atoms. The van der Waals surface area contributed by atoms with E-state index < -0.39 is 0 Å². The Labute approximate surface area is 160 Å². The number of hydrogen-bond acceptors (Lipinski definition) is 5. The van der Waals surface area contributed by atoms with E-state index in [4.69, 9.17) is 5.73 Å². The molecular weight excluding hydrogens is 336 g/mol. The summed E-state index contributed by atoms with van der Waals surface area (Å²) in [6.07, 6.45) is 2.64. The first-order valence-electron chi connectivity index (χ1n) is 9.24. The number of nitrogens with zero attached hydrogens (tertiary/aromatic N) is 2. The highest BCUT2D eigenvalue weighted by atomic mass is 16.3. The minimum absolute atomic E-state index is 0.0678. The van der Waals surface area contributed by atoms with Crippen molar-refractivity contribution in [3.63, 3.8) is 0 Å². The Kier molecular flexibility index (Phi) is 6.04. The molecule has 0 fully saturated rings. The third-order valence-electron chi connectivity index (χ3n) is 4.32. The second kappa shape index (κ2) is 8.64. The number of aromatic nitrogens is 2. The van der Waals surface area contributed by atoms with E-state index in [1.165, 1.54) is 0 Å². The number of nitrogens with one attached hydrogen (secondary N) is 1. The highest BCUT2D eigenvalue weighted by molar-refractivity contribution is 5.74. The number of aromatic hydroxyl groups is 1. The Morgan fingerprint density at radius 2 is 1.81 bits per heavy atom. The average Bonchev–Trinajstić information content (AvgIpc) is 2.67. The van der Waals surface area contributed by atoms with Crippen molar-refractivity contribution in [2.24, 2.45) is 11.7 Å². The highest BCUT2D eigenvalue weighted by Gasteiger charge is 2.11. The average molecular weight is 362 g/mol. The fourth-order valence-electron chi connectivity index (χ4n) is 3.04. The van der Waals surface area contributed by atoms with Gasteiger partial charge in [-0.2, -0.15) is 0 Å². The molecule has 1 heterocycles. The van der Waals surface area contributed by atoms with Crippen molar-refractivity contribution >= 4 is 5.82 Å². The van der Waals surface area contributed by atoms with Crippen LogP contribution in [0.15, 0.2) is 60.8 Å². The topological polar surface area (TPSA) is 84.1 Å². The monoisotopic (exact) mass is 362 g/mol. The third-order valence-corrected chi connectivity index (χ3v) is 4.32. The van der Waals surface area contributed by atoms with Crippen LogP contribution in [0.25, 0.3) is 22.5 Å². The summed E-state index contributed by atoms with van der Waals surface area (Å²) in [6.45, 7) is 4.96. The van der Waals surface area contributed by atoms with E-state index in [1.54, 1.807) is 12.3 Å². The largest absolute Gasteiger partial charge is 0.507 e. The van der Waals surface area contributed by atoms with Crippen molar-refractivity contribution in [3.05, 3.63) is 60.8 Å². The van der Waals surface area contributed by atoms with Gasteiger partial charge in [0, 0.05) is 18.8 Å². The van der Waals surface area contributed by atoms with Gasteiger partial charge in [0.2, 0.25) is 0 Å². The predicted octanol–water partition coefficient (Wildman–Crippen LogP) is 4.30. The first kappa shape index (κ1) is 18.9. The number of anilines is 1. The van der Waals surface area contributed by atoms with Crippen molar-refractivity contribution in [2.45, 2.75) is 26.3 Å². The summed E-state index contributed by atoms with van der Waals surface area (Å²) in [5.74, 6) is 1.89. The number of benzene rings is 2. The first-order valence-corrected chi connectivity index (χ1v) is 9.24. The van der Waals surface area contributed by atoms with E-state index in [-0.39, 0.29) is 11.8 Å². The molecule has 5 heteroatoms. The molecule has 0 saturated heterocycles. The summed E-state index contributed by atoms with van der Waals surface area (Å²) in [5.41, 5.74) is 8.82. The van der Waals surface area contributed by atoms with Crippen molar-refractivity contribution in [1.82, 2.24) is 9.97 Å². The summed E-state index contributed by atoms with van der Waals surface area (Å²) in [4.78, 5) is 8.89. The summed E-state index contributed by atoms with van der Waals surface area (Å²) in [7, 11) is 0. The predicted molar refractivity (Wildman–Crippen MR) is 110 cm³/mol. The lowest BCUT2D eigenvalue weighted by molar-refractivity contribution is 0.477. The van der Waals surface area contributed by atoms with Crippen LogP contribution in [0.5, 0.6) is 5.75 Å². The Morgan fingerprint density at radius 1 is 1.04 bits per heavy atom. The molecule has 0 saturated carbocycles. The molecule has 1 aromatic heterocycles. The Balaban J connectivity index is 1.82. The fraction of sp³-hybridized carbons (Fsp3) is 0.273. The molecule has 0 radical (unpaired) electrons. The first-order chi connectivity index (χ1) is 13.0. The molecule has 0 aliphatic rings. The fourth-order valence-corrected chi connectivity index (χ4v) is 3.04. The third kappa shape index (κ3) is 5.05. The Bertz CT molecular complexity index is 880. The molecule has 5 nitrogen and oxygen atoms in total. The van der Waals surface area contributed by atoms with Crippen molar-refractivity contribution in [2.75, 3.05) is 11.9 Å². The van der Waals surface area contributed by atoms with E-state index in [0.717, 1.165) is 17.5 Å². The standard InChI is InChI=1S/C22H26N4O/c1-15(2)12-18(23)14-25-21-10-11-24-22(26-21)19-13-17(8-9-20(19)27)16-6-4-3-5-7-16/h3-11,13,15,18,27H,12,14,23H2,1-2H3,(H,24,25,26)/t18-/m0/s1. The maximum atomic E-state index is 10.3. The van der Waals surface area contributed by atoms with Gasteiger partial charge in [-0.3, -0.25) is 0 Å². The van der Waals surface area contributed by atoms with Crippen LogP contribution in [-0.4, -0.2) is 27.7 Å². The van der Waals surface area contributed by atoms with Gasteiger partial charge < -0.3 is 16.2 Å². The van der Waals surface area contributed by atoms with E-state index in [9.17, 15) is 5.11 Å². The van der Waals surface area contributed by atoms with Gasteiger partial charge in [-0.25, -0.2) is 9.97 Å². The lowest BCUT2D eigenvalue weighted by Gasteiger charge is -2.15. The molecular formula is C22H26N4O. The van der Waals surface area contributed by atoms with Gasteiger partial charge in [-0.1, -0.05) is 50.2 Å². The van der Waals surface area contributed by atoms with Crippen LogP contribution in [-0.2, 0) is 0 Å². The van der Waals surface area contributed by atoms with E-state index in [0.29, 0.717) is 29.7 Å². The Morgan fingerprint density at radius 3 is 2.56 bits per heavy atom. The second-order valence-corrected chi connectivity index (χ2v) is 7.13. The van der Waals surface area contributed by atoms with E-state index >= 15 is 0 Å². The molecule has 0 unspecified atom stereocenters. The van der Waals surface area contributed by atoms with Crippen LogP contribution in [0, 0.1) is 5.92 Å². The van der Waals surface area contributed by atoms with Gasteiger partial charge in [0.1, 0.15) is 11.6 Å². The molecule has 3 rings (SSSR count). The molecule has 0 aliphatic carbocycles. The molecule has 3 aromatic rings. The van der Waals surface area contributed by atoms with Gasteiger partial charge in [0.15, 0.2) is 5.82 Å². The molecule has 0 amide bonds. The van der Waals surface area contributed by atoms with Crippen molar-refractivity contribution in [3.8, 4) is 28.3 Å². The minimum Gasteiger partial charge on any atom is -0.507 e. The van der Waals surface area contributed by atoms with Crippen LogP contribution in [0.4, 0.5) is 5.82 Å². The van der Waals surface area contributed by atoms with Gasteiger partial charge in [-0.05, 0) is 41.7 Å². The summed E-state index contributed by atoms with van der Waals surface area (Å²) < 4.78 is 0. The summed E-state index contributed by atoms with van der Waals surface area (Å²) in [5, 5.41) is 13.6. The van der Waals surface area contributed by atoms with Crippen LogP contribution >= 0.6 is 0 Å². The number of hydrogen-bond donors (Lipinski definition) is 3. The normalized spacial score (nSPS) is 12.1. The number of nitrogens with two attached hydrogens (primary N) is 1. The van der Waals surface area contributed by atoms with Crippen LogP contribution < -0.4 is 11.1 Å². The van der Waals surface area contributed by atoms with Gasteiger partial charge in [0.25, 0.3) is 0 Å². The summed E-state index contributed by atoms with van der Waals surface area (Å²) >= 11 is 0. The van der Waals surface area contributed by atoms with Crippen molar-refractivity contribution < 1.29 is 5.11 Å². The number of rotatable bonds is 7. The number of phenolic OH excluding ortho intramolecular Hbond substituents is 1. The van der Waals surface area contributed by atoms with Gasteiger partial charge in [0.05, 0.1) is 5.56 Å². The zero-order valence-electron chi connectivity index (χ0n) is 15.8. The van der Waals surface area contributed by atoms with Gasteiger partial charge in [-0.15, -0.1) is 0 Å². The zero-order chi connectivity index (χ0) is 19.2. The van der Waals surface area contributed by atoms with E-state index in [2.05, 4.69) is 29.1 Å². The molecule has 27 heavy (non-hydrogen) atoms. The van der Waals surface area contributed by atoms with Crippen LogP contribution in [0.1, 0.15) is 20.3 Å². The molecule has 140 valence electrons. The lowest BCUT2D eigenvalue weighted by atomic mass is 10.0. The van der Waals surface area contributed by atoms with E-state index in [1.807, 2.05) is 48.5 Å². The molecule has 1 atom stereocenters. The SMILES string of the molecule is CC(C)C[C@H](N)CNc1ccnc(-c2cc(-c3ccccc3)ccc2O)n1. The highest BCUT2D eigenvalue weighted by Crippen LogP contribution is 2.32. The molecule has 0 aliphatic heterocycles. The maximum absolute atomic E-state index is 10.3. The molecule has 4 N–H and O–H groups in total. The summed E-state index contributed by atoms with van der Waals surface area (Å²) in [6, 6.07) is 17.4. The molecule has 0 bridgehead atoms. The second-order valence-electron chi connectivity index (χ2n) is 7.13. The van der Waals surface area contributed by atoms with Crippen molar-refractivity contribution in [1.29, 1.82) is 0 Å². The quantitative estimate of drug-likeness (QED) is 0.583. The number of phenols is 1. The Hall–Kier alpha value is -2.92. The zero-order valence-corrected chi connectivity index (χ0v) is 15.8. The van der Waals surface area contributed by atoms with Gasteiger partial charge >= 0.3 is 0 Å². The minimum atomic E-state index is 0.0678. The van der Waals surface area contributed by atoms with Crippen LogP contribution in [0.2, 0.25) is 0 Å². The maximum Gasteiger partial charge on any atom is 0.165 e. The van der Waals surface area contributed by atoms with Crippen LogP contribution in [0.3, 0.4) is 0 Å². The molecule has 2 aromatic carbocycles. The smallest absolute Gasteiger partial charge is 0.165 e. The lowest BCUT2D eigenvalue weighted by Crippen LogP contribution is -2.30.